The Morgan fingerprint density at radius 3 is 0.860 bits per heavy atom. The van der Waals surface area contributed by atoms with Gasteiger partial charge in [-0.2, -0.15) is 0 Å². The van der Waals surface area contributed by atoms with Gasteiger partial charge < -0.3 is 13.6 Å². The molecule has 0 radical (unpaired) electrons. The van der Waals surface area contributed by atoms with Gasteiger partial charge in [0.15, 0.2) is 0 Å². The summed E-state index contributed by atoms with van der Waals surface area (Å²) in [5, 5.41) is 0. The number of para-hydroxylation sites is 3. The zero-order valence-electron chi connectivity index (χ0n) is 31.6. The maximum Gasteiger partial charge on any atom is 0.530 e. The Labute approximate surface area is 310 Å². The van der Waals surface area contributed by atoms with Gasteiger partial charge in [-0.05, 0) is 73.4 Å². The van der Waals surface area contributed by atoms with Crippen molar-refractivity contribution >= 4 is 8.60 Å². The maximum absolute atomic E-state index is 6.76. The quantitative estimate of drug-likeness (QED) is 0.0511. The van der Waals surface area contributed by atoms with E-state index in [1.807, 2.05) is 0 Å². The largest absolute Gasteiger partial charge is 0.530 e. The van der Waals surface area contributed by atoms with Gasteiger partial charge in [0.25, 0.3) is 0 Å². The average Bonchev–Trinajstić information content (AvgIpc) is 3.12. The van der Waals surface area contributed by atoms with Crippen LogP contribution in [0.15, 0.2) is 72.8 Å². The second-order valence-corrected chi connectivity index (χ2v) is 14.9. The van der Waals surface area contributed by atoms with E-state index in [-0.39, 0.29) is 7.43 Å². The average molecular weight is 705 g/mol. The van der Waals surface area contributed by atoms with Gasteiger partial charge in [-0.3, -0.25) is 0 Å². The van der Waals surface area contributed by atoms with E-state index in [1.54, 1.807) is 0 Å². The number of aryl methyl sites for hydroxylation is 3. The van der Waals surface area contributed by atoms with Crippen LogP contribution < -0.4 is 13.6 Å². The molecule has 0 saturated heterocycles. The molecule has 0 aliphatic carbocycles. The van der Waals surface area contributed by atoms with Gasteiger partial charge in [-0.1, -0.05) is 198 Å². The summed E-state index contributed by atoms with van der Waals surface area (Å²) in [7, 11) is -1.72. The molecule has 0 unspecified atom stereocenters. The molecule has 0 fully saturated rings. The molecule has 280 valence electrons. The minimum atomic E-state index is -1.72. The maximum atomic E-state index is 6.76. The topological polar surface area (TPSA) is 27.7 Å². The van der Waals surface area contributed by atoms with Gasteiger partial charge in [0, 0.05) is 0 Å². The molecule has 4 heteroatoms. The summed E-state index contributed by atoms with van der Waals surface area (Å²) >= 11 is 0. The fraction of sp³-hybridized carbons (Fsp3) is 0.609. The van der Waals surface area contributed by atoms with Gasteiger partial charge in [0.05, 0.1) is 0 Å². The molecule has 0 heterocycles. The molecule has 0 aromatic heterocycles. The standard InChI is InChI=1S/C45H69O3P.CH4/c1-4-7-10-13-16-19-22-31-40-34-25-28-37-43(40)46-49(47-44-38-29-26-35-41(44)32-23-20-17-14-11-8-5-2)48-45-39-30-27-36-42(45)33-24-21-18-15-12-9-6-3;/h25-30,34-39H,4-24,31-33H2,1-3H3;1H4. The normalized spacial score (nSPS) is 11.0. The summed E-state index contributed by atoms with van der Waals surface area (Å²) < 4.78 is 20.3. The number of hydrogen-bond acceptors (Lipinski definition) is 3. The highest BCUT2D eigenvalue weighted by atomic mass is 31.2. The number of hydrogen-bond donors (Lipinski definition) is 0. The van der Waals surface area contributed by atoms with Crippen LogP contribution in [0.25, 0.3) is 0 Å². The van der Waals surface area contributed by atoms with Crippen molar-refractivity contribution in [3.63, 3.8) is 0 Å². The van der Waals surface area contributed by atoms with Crippen molar-refractivity contribution < 1.29 is 13.6 Å². The van der Waals surface area contributed by atoms with Crippen LogP contribution in [0.4, 0.5) is 0 Å². The Hall–Kier alpha value is -2.51. The number of rotatable bonds is 30. The van der Waals surface area contributed by atoms with Crippen molar-refractivity contribution in [1.82, 2.24) is 0 Å². The lowest BCUT2D eigenvalue weighted by molar-refractivity contribution is 0.382. The lowest BCUT2D eigenvalue weighted by Crippen LogP contribution is -2.06. The van der Waals surface area contributed by atoms with Gasteiger partial charge in [0.1, 0.15) is 17.2 Å². The summed E-state index contributed by atoms with van der Waals surface area (Å²) in [4.78, 5) is 0. The third-order valence-corrected chi connectivity index (χ3v) is 10.6. The molecule has 0 saturated carbocycles. The van der Waals surface area contributed by atoms with E-state index < -0.39 is 8.60 Å². The number of benzene rings is 3. The lowest BCUT2D eigenvalue weighted by Gasteiger charge is -2.22. The van der Waals surface area contributed by atoms with Gasteiger partial charge in [0.2, 0.25) is 0 Å². The van der Waals surface area contributed by atoms with Gasteiger partial charge in [-0.15, -0.1) is 0 Å². The van der Waals surface area contributed by atoms with Crippen LogP contribution in [0, 0.1) is 0 Å². The molecule has 0 N–H and O–H groups in total. The van der Waals surface area contributed by atoms with Crippen molar-refractivity contribution in [3.05, 3.63) is 89.5 Å². The monoisotopic (exact) mass is 705 g/mol. The van der Waals surface area contributed by atoms with E-state index in [0.29, 0.717) is 0 Å². The predicted molar refractivity (Wildman–Crippen MR) is 220 cm³/mol. The zero-order valence-corrected chi connectivity index (χ0v) is 32.5. The SMILES string of the molecule is C.CCCCCCCCCc1ccccc1OP(Oc1ccccc1CCCCCCCCC)Oc1ccccc1CCCCCCCCC. The molecule has 3 aromatic rings. The van der Waals surface area contributed by atoms with E-state index in [2.05, 4.69) is 93.6 Å². The highest BCUT2D eigenvalue weighted by molar-refractivity contribution is 7.43. The summed E-state index contributed by atoms with van der Waals surface area (Å²) in [6.45, 7) is 6.84. The molecule has 0 amide bonds. The smallest absolute Gasteiger partial charge is 0.408 e. The van der Waals surface area contributed by atoms with Gasteiger partial charge in [-0.25, -0.2) is 0 Å². The zero-order chi connectivity index (χ0) is 34.6. The molecule has 0 atom stereocenters. The van der Waals surface area contributed by atoms with Crippen molar-refractivity contribution in [2.45, 2.75) is 182 Å². The molecule has 0 bridgehead atoms. The first-order chi connectivity index (χ1) is 24.2. The molecule has 3 aromatic carbocycles. The van der Waals surface area contributed by atoms with Crippen molar-refractivity contribution in [2.75, 3.05) is 0 Å². The minimum Gasteiger partial charge on any atom is -0.408 e. The van der Waals surface area contributed by atoms with Crippen LogP contribution in [-0.2, 0) is 19.3 Å². The third kappa shape index (κ3) is 18.6. The van der Waals surface area contributed by atoms with Gasteiger partial charge >= 0.3 is 8.60 Å². The van der Waals surface area contributed by atoms with E-state index in [4.69, 9.17) is 13.6 Å². The second kappa shape index (κ2) is 29.1. The molecule has 50 heavy (non-hydrogen) atoms. The second-order valence-electron chi connectivity index (χ2n) is 13.9. The first kappa shape index (κ1) is 43.7. The Morgan fingerprint density at radius 2 is 0.580 bits per heavy atom. The first-order valence-electron chi connectivity index (χ1n) is 20.3. The van der Waals surface area contributed by atoms with Crippen LogP contribution >= 0.6 is 8.60 Å². The van der Waals surface area contributed by atoms with Crippen LogP contribution in [-0.4, -0.2) is 0 Å². The summed E-state index contributed by atoms with van der Waals surface area (Å²) in [6.07, 6.45) is 30.3. The molecular formula is C46H73O3P. The van der Waals surface area contributed by atoms with Crippen LogP contribution in [0.3, 0.4) is 0 Å². The minimum absolute atomic E-state index is 0. The van der Waals surface area contributed by atoms with E-state index in [1.165, 1.54) is 152 Å². The van der Waals surface area contributed by atoms with E-state index in [9.17, 15) is 0 Å². The predicted octanol–water partition coefficient (Wildman–Crippen LogP) is 16.0. The van der Waals surface area contributed by atoms with Crippen LogP contribution in [0.5, 0.6) is 17.2 Å². The Balaban J connectivity index is 0.00000867. The molecule has 3 rings (SSSR count). The first-order valence-corrected chi connectivity index (χ1v) is 21.4. The number of unbranched alkanes of at least 4 members (excludes halogenated alkanes) is 18. The highest BCUT2D eigenvalue weighted by Crippen LogP contribution is 2.45. The molecule has 3 nitrogen and oxygen atoms in total. The van der Waals surface area contributed by atoms with E-state index >= 15 is 0 Å². The van der Waals surface area contributed by atoms with Crippen molar-refractivity contribution in [1.29, 1.82) is 0 Å². The fourth-order valence-electron chi connectivity index (χ4n) is 6.51. The van der Waals surface area contributed by atoms with Crippen molar-refractivity contribution in [3.8, 4) is 17.2 Å². The summed E-state index contributed by atoms with van der Waals surface area (Å²) in [5.41, 5.74) is 3.72. The fourth-order valence-corrected chi connectivity index (χ4v) is 7.64. The van der Waals surface area contributed by atoms with Crippen molar-refractivity contribution in [2.24, 2.45) is 0 Å². The Morgan fingerprint density at radius 1 is 0.340 bits per heavy atom. The summed E-state index contributed by atoms with van der Waals surface area (Å²) in [5.74, 6) is 2.65. The summed E-state index contributed by atoms with van der Waals surface area (Å²) in [6, 6.07) is 25.5. The molecule has 0 spiro atoms. The Bertz CT molecular complexity index is 1080. The van der Waals surface area contributed by atoms with Crippen LogP contribution in [0.2, 0.25) is 0 Å². The van der Waals surface area contributed by atoms with E-state index in [0.717, 1.165) is 36.5 Å². The van der Waals surface area contributed by atoms with Crippen LogP contribution in [0.1, 0.15) is 180 Å². The highest BCUT2D eigenvalue weighted by Gasteiger charge is 2.24. The lowest BCUT2D eigenvalue weighted by atomic mass is 10.0. The molecular weight excluding hydrogens is 631 g/mol. The third-order valence-electron chi connectivity index (χ3n) is 9.59. The molecule has 0 aliphatic heterocycles. The Kier molecular flexibility index (Phi) is 25.4. The molecule has 0 aliphatic rings.